The molecule has 0 radical (unpaired) electrons. The second kappa shape index (κ2) is 6.84. The summed E-state index contributed by atoms with van der Waals surface area (Å²) >= 11 is 0. The molecule has 1 aromatic heterocycles. The molecular weight excluding hydrogens is 341 g/mol. The van der Waals surface area contributed by atoms with Gasteiger partial charge in [0.2, 0.25) is 0 Å². The Labute approximate surface area is 147 Å². The minimum atomic E-state index is -4.44. The van der Waals surface area contributed by atoms with Crippen LogP contribution in [0.15, 0.2) is 54.6 Å². The Morgan fingerprint density at radius 1 is 1.08 bits per heavy atom. The predicted molar refractivity (Wildman–Crippen MR) is 91.4 cm³/mol. The van der Waals surface area contributed by atoms with Gasteiger partial charge in [-0.2, -0.15) is 18.4 Å². The fourth-order valence-corrected chi connectivity index (χ4v) is 2.52. The van der Waals surface area contributed by atoms with Crippen LogP contribution in [0.5, 0.6) is 0 Å². The number of halogens is 3. The molecule has 0 bridgehead atoms. The number of alkyl halides is 3. The lowest BCUT2D eigenvalue weighted by atomic mass is 10.1. The van der Waals surface area contributed by atoms with Crippen LogP contribution in [0.4, 0.5) is 13.2 Å². The molecule has 130 valence electrons. The molecule has 1 heterocycles. The van der Waals surface area contributed by atoms with Gasteiger partial charge in [-0.15, -0.1) is 10.2 Å². The summed E-state index contributed by atoms with van der Waals surface area (Å²) in [5.74, 6) is 0.842. The molecule has 0 amide bonds. The van der Waals surface area contributed by atoms with Crippen LogP contribution in [-0.4, -0.2) is 14.8 Å². The minimum absolute atomic E-state index is 0.126. The summed E-state index contributed by atoms with van der Waals surface area (Å²) in [7, 11) is 1.70. The summed E-state index contributed by atoms with van der Waals surface area (Å²) in [5.41, 5.74) is 0.443. The highest BCUT2D eigenvalue weighted by Crippen LogP contribution is 2.30. The summed E-state index contributed by atoms with van der Waals surface area (Å²) in [6.45, 7) is 0. The van der Waals surface area contributed by atoms with Gasteiger partial charge in [0.1, 0.15) is 6.07 Å². The average molecular weight is 354 g/mol. The van der Waals surface area contributed by atoms with E-state index >= 15 is 0 Å². The summed E-state index contributed by atoms with van der Waals surface area (Å²) in [6, 6.07) is 16.1. The molecule has 2 aromatic carbocycles. The summed E-state index contributed by atoms with van der Waals surface area (Å²) < 4.78 is 40.2. The maximum Gasteiger partial charge on any atom is 0.416 e. The second-order valence-corrected chi connectivity index (χ2v) is 5.57. The van der Waals surface area contributed by atoms with E-state index in [-0.39, 0.29) is 17.0 Å². The van der Waals surface area contributed by atoms with E-state index in [9.17, 15) is 18.4 Å². The zero-order valence-electron chi connectivity index (χ0n) is 13.7. The van der Waals surface area contributed by atoms with Crippen molar-refractivity contribution in [2.24, 2.45) is 7.05 Å². The van der Waals surface area contributed by atoms with Crippen molar-refractivity contribution in [3.8, 4) is 17.5 Å². The van der Waals surface area contributed by atoms with Crippen molar-refractivity contribution in [2.75, 3.05) is 0 Å². The van der Waals surface area contributed by atoms with Crippen LogP contribution in [0, 0.1) is 11.3 Å². The van der Waals surface area contributed by atoms with Gasteiger partial charge in [0, 0.05) is 12.6 Å². The monoisotopic (exact) mass is 354 g/mol. The lowest BCUT2D eigenvalue weighted by Crippen LogP contribution is -2.04. The van der Waals surface area contributed by atoms with Crippen molar-refractivity contribution < 1.29 is 13.2 Å². The molecule has 0 fully saturated rings. The number of nitriles is 1. The fourth-order valence-electron chi connectivity index (χ4n) is 2.52. The lowest BCUT2D eigenvalue weighted by molar-refractivity contribution is -0.137. The number of hydrogen-bond donors (Lipinski definition) is 0. The van der Waals surface area contributed by atoms with Crippen LogP contribution in [0.25, 0.3) is 23.0 Å². The van der Waals surface area contributed by atoms with Crippen LogP contribution in [0.2, 0.25) is 0 Å². The number of benzene rings is 2. The number of rotatable bonds is 3. The highest BCUT2D eigenvalue weighted by molar-refractivity contribution is 5.87. The first kappa shape index (κ1) is 17.4. The normalized spacial score (nSPS) is 12.0. The molecule has 7 heteroatoms. The molecule has 3 aromatic rings. The van der Waals surface area contributed by atoms with Crippen molar-refractivity contribution in [1.29, 1.82) is 5.26 Å². The second-order valence-electron chi connectivity index (χ2n) is 5.57. The molecule has 0 aliphatic rings. The molecule has 0 aliphatic heterocycles. The standard InChI is InChI=1S/C19H13F3N4/c1-26-17(14-7-3-2-4-8-14)24-25-18(26)15(12-23)10-13-6-5-9-16(11-13)19(20,21)22/h2-11H,1H3/b15-10-. The van der Waals surface area contributed by atoms with Crippen molar-refractivity contribution in [2.45, 2.75) is 6.18 Å². The van der Waals surface area contributed by atoms with E-state index in [0.29, 0.717) is 5.82 Å². The third-order valence-corrected chi connectivity index (χ3v) is 3.79. The van der Waals surface area contributed by atoms with Gasteiger partial charge in [0.15, 0.2) is 11.6 Å². The van der Waals surface area contributed by atoms with Crippen molar-refractivity contribution in [1.82, 2.24) is 14.8 Å². The van der Waals surface area contributed by atoms with Crippen molar-refractivity contribution in [3.05, 3.63) is 71.5 Å². The molecule has 0 spiro atoms. The Morgan fingerprint density at radius 3 is 2.46 bits per heavy atom. The van der Waals surface area contributed by atoms with E-state index in [1.807, 2.05) is 36.4 Å². The van der Waals surface area contributed by atoms with Crippen molar-refractivity contribution >= 4 is 11.6 Å². The van der Waals surface area contributed by atoms with Gasteiger partial charge in [0.25, 0.3) is 0 Å². The lowest BCUT2D eigenvalue weighted by Gasteiger charge is -2.07. The minimum Gasteiger partial charge on any atom is -0.310 e. The maximum atomic E-state index is 12.9. The van der Waals surface area contributed by atoms with Crippen LogP contribution < -0.4 is 0 Å². The third kappa shape index (κ3) is 3.49. The summed E-state index contributed by atoms with van der Waals surface area (Å²) in [4.78, 5) is 0. The quantitative estimate of drug-likeness (QED) is 0.648. The molecule has 0 aliphatic carbocycles. The number of aromatic nitrogens is 3. The van der Waals surface area contributed by atoms with E-state index in [2.05, 4.69) is 10.2 Å². The molecule has 26 heavy (non-hydrogen) atoms. The summed E-state index contributed by atoms with van der Waals surface area (Å²) in [6.07, 6.45) is -3.07. The Morgan fingerprint density at radius 2 is 1.81 bits per heavy atom. The van der Waals surface area contributed by atoms with Gasteiger partial charge in [-0.25, -0.2) is 0 Å². The van der Waals surface area contributed by atoms with Gasteiger partial charge >= 0.3 is 6.18 Å². The Balaban J connectivity index is 2.02. The highest BCUT2D eigenvalue weighted by Gasteiger charge is 2.30. The molecule has 0 N–H and O–H groups in total. The van der Waals surface area contributed by atoms with Crippen molar-refractivity contribution in [3.63, 3.8) is 0 Å². The number of nitrogens with zero attached hydrogens (tertiary/aromatic N) is 4. The van der Waals surface area contributed by atoms with E-state index in [1.165, 1.54) is 18.2 Å². The van der Waals surface area contributed by atoms with Crippen LogP contribution >= 0.6 is 0 Å². The Kier molecular flexibility index (Phi) is 4.59. The van der Waals surface area contributed by atoms with E-state index in [0.717, 1.165) is 17.7 Å². The smallest absolute Gasteiger partial charge is 0.310 e. The Hall–Kier alpha value is -3.40. The topological polar surface area (TPSA) is 54.5 Å². The largest absolute Gasteiger partial charge is 0.416 e. The zero-order chi connectivity index (χ0) is 18.7. The van der Waals surface area contributed by atoms with Gasteiger partial charge in [-0.1, -0.05) is 42.5 Å². The molecule has 0 saturated carbocycles. The predicted octanol–water partition coefficient (Wildman–Crippen LogP) is 4.57. The SMILES string of the molecule is Cn1c(/C(C#N)=C\c2cccc(C(F)(F)F)c2)nnc1-c1ccccc1. The highest BCUT2D eigenvalue weighted by atomic mass is 19.4. The van der Waals surface area contributed by atoms with Gasteiger partial charge in [-0.3, -0.25) is 0 Å². The summed E-state index contributed by atoms with van der Waals surface area (Å²) in [5, 5.41) is 17.6. The van der Waals surface area contributed by atoms with E-state index < -0.39 is 11.7 Å². The molecule has 3 rings (SSSR count). The first-order chi connectivity index (χ1) is 12.4. The van der Waals surface area contributed by atoms with Gasteiger partial charge in [0.05, 0.1) is 11.1 Å². The molecule has 0 atom stereocenters. The molecule has 0 saturated heterocycles. The van der Waals surface area contributed by atoms with E-state index in [4.69, 9.17) is 0 Å². The molecule has 4 nitrogen and oxygen atoms in total. The maximum absolute atomic E-state index is 12.9. The van der Waals surface area contributed by atoms with Crippen LogP contribution in [0.3, 0.4) is 0 Å². The average Bonchev–Trinajstić information content (AvgIpc) is 3.01. The van der Waals surface area contributed by atoms with Crippen LogP contribution in [0.1, 0.15) is 17.0 Å². The van der Waals surface area contributed by atoms with E-state index in [1.54, 1.807) is 11.6 Å². The molecule has 0 unspecified atom stereocenters. The third-order valence-electron chi connectivity index (χ3n) is 3.79. The molecular formula is C19H13F3N4. The van der Waals surface area contributed by atoms with Gasteiger partial charge < -0.3 is 4.57 Å². The number of allylic oxidation sites excluding steroid dienone is 1. The van der Waals surface area contributed by atoms with Gasteiger partial charge in [-0.05, 0) is 23.8 Å². The number of hydrogen-bond acceptors (Lipinski definition) is 3. The Bertz CT molecular complexity index is 996. The first-order valence-electron chi connectivity index (χ1n) is 7.64. The van der Waals surface area contributed by atoms with Crippen LogP contribution in [-0.2, 0) is 13.2 Å². The fraction of sp³-hybridized carbons (Fsp3) is 0.105. The zero-order valence-corrected chi connectivity index (χ0v) is 13.7. The first-order valence-corrected chi connectivity index (χ1v) is 7.64.